The van der Waals surface area contributed by atoms with Gasteiger partial charge in [0.05, 0.1) is 0 Å². The van der Waals surface area contributed by atoms with Crippen LogP contribution < -0.4 is 0 Å². The number of halogens is 1. The minimum absolute atomic E-state index is 0.399. The quantitative estimate of drug-likeness (QED) is 0.714. The molecular weight excluding hydrogens is 203 g/mol. The van der Waals surface area contributed by atoms with E-state index >= 15 is 0 Å². The molecule has 0 saturated heterocycles. The summed E-state index contributed by atoms with van der Waals surface area (Å²) in [5.74, 6) is -0.494. The topological polar surface area (TPSA) is 17.1 Å². The summed E-state index contributed by atoms with van der Waals surface area (Å²) in [6.45, 7) is 0. The molecule has 0 unspecified atom stereocenters. The highest BCUT2D eigenvalue weighted by molar-refractivity contribution is 5.99. The van der Waals surface area contributed by atoms with E-state index in [1.807, 2.05) is 0 Å². The maximum Gasteiger partial charge on any atom is 0.201 e. The molecule has 0 spiro atoms. The van der Waals surface area contributed by atoms with Gasteiger partial charge in [0.1, 0.15) is 0 Å². The summed E-state index contributed by atoms with van der Waals surface area (Å²) in [5.41, 5.74) is 0.801. The molecule has 2 heteroatoms. The van der Waals surface area contributed by atoms with Crippen LogP contribution in [0.25, 0.3) is 0 Å². The van der Waals surface area contributed by atoms with E-state index in [9.17, 15) is 9.18 Å². The molecule has 0 aliphatic carbocycles. The summed E-state index contributed by atoms with van der Waals surface area (Å²) in [5, 5.41) is 0. The first-order valence-corrected chi connectivity index (χ1v) is 5.07. The van der Waals surface area contributed by atoms with Crippen molar-refractivity contribution in [1.82, 2.24) is 0 Å². The van der Waals surface area contributed by atoms with Crippen molar-refractivity contribution in [3.8, 4) is 0 Å². The normalized spacial score (nSPS) is 12.1. The number of hydrogen-bond donors (Lipinski definition) is 0. The molecule has 1 nitrogen and oxygen atoms in total. The number of rotatable bonds is 3. The molecule has 0 amide bonds. The van der Waals surface area contributed by atoms with Crippen molar-refractivity contribution in [3.05, 3.63) is 71.8 Å². The number of carbonyl (C=O) groups excluding carboxylic acids is 1. The molecule has 0 saturated carbocycles. The van der Waals surface area contributed by atoms with E-state index in [1.54, 1.807) is 60.7 Å². The number of alkyl halides is 1. The van der Waals surface area contributed by atoms with E-state index in [0.29, 0.717) is 11.1 Å². The van der Waals surface area contributed by atoms with Crippen molar-refractivity contribution in [3.63, 3.8) is 0 Å². The molecule has 1 atom stereocenters. The number of hydrogen-bond acceptors (Lipinski definition) is 1. The predicted molar refractivity (Wildman–Crippen MR) is 61.1 cm³/mol. The smallest absolute Gasteiger partial charge is 0.201 e. The lowest BCUT2D eigenvalue weighted by atomic mass is 10.0. The Kier molecular flexibility index (Phi) is 3.10. The summed E-state index contributed by atoms with van der Waals surface area (Å²) >= 11 is 0. The van der Waals surface area contributed by atoms with Crippen LogP contribution in [-0.4, -0.2) is 5.78 Å². The van der Waals surface area contributed by atoms with E-state index in [0.717, 1.165) is 0 Å². The summed E-state index contributed by atoms with van der Waals surface area (Å²) in [6, 6.07) is 17.0. The second-order valence-electron chi connectivity index (χ2n) is 3.50. The Morgan fingerprint density at radius 2 is 1.38 bits per heavy atom. The van der Waals surface area contributed by atoms with Crippen molar-refractivity contribution in [2.75, 3.05) is 0 Å². The Hall–Kier alpha value is -1.96. The molecule has 0 fully saturated rings. The van der Waals surface area contributed by atoms with Gasteiger partial charge in [-0.3, -0.25) is 4.79 Å². The summed E-state index contributed by atoms with van der Waals surface area (Å²) in [6.07, 6.45) is -1.58. The van der Waals surface area contributed by atoms with E-state index in [2.05, 4.69) is 0 Å². The van der Waals surface area contributed by atoms with Gasteiger partial charge in [0.25, 0.3) is 0 Å². The van der Waals surface area contributed by atoms with Crippen LogP contribution in [0, 0.1) is 0 Å². The Morgan fingerprint density at radius 1 is 0.875 bits per heavy atom. The molecule has 0 aromatic heterocycles. The minimum Gasteiger partial charge on any atom is -0.290 e. The van der Waals surface area contributed by atoms with Gasteiger partial charge in [0, 0.05) is 5.56 Å². The lowest BCUT2D eigenvalue weighted by Crippen LogP contribution is -2.07. The Bertz CT molecular complexity index is 465. The van der Waals surface area contributed by atoms with Crippen molar-refractivity contribution in [2.24, 2.45) is 0 Å². The molecule has 0 radical (unpaired) electrons. The number of Topliss-reactive ketones (excluding diaryl/α,β-unsaturated/α-hetero) is 1. The van der Waals surface area contributed by atoms with Gasteiger partial charge in [-0.1, -0.05) is 60.7 Å². The van der Waals surface area contributed by atoms with Crippen LogP contribution in [0.4, 0.5) is 4.39 Å². The highest BCUT2D eigenvalue weighted by Crippen LogP contribution is 2.21. The predicted octanol–water partition coefficient (Wildman–Crippen LogP) is 3.58. The van der Waals surface area contributed by atoms with Crippen molar-refractivity contribution < 1.29 is 9.18 Å². The minimum atomic E-state index is -1.58. The monoisotopic (exact) mass is 214 g/mol. The van der Waals surface area contributed by atoms with E-state index in [1.165, 1.54) is 0 Å². The van der Waals surface area contributed by atoms with Crippen LogP contribution in [0.5, 0.6) is 0 Å². The summed E-state index contributed by atoms with van der Waals surface area (Å²) in [7, 11) is 0. The fraction of sp³-hybridized carbons (Fsp3) is 0.0714. The number of benzene rings is 2. The molecule has 0 heterocycles. The second kappa shape index (κ2) is 4.71. The standard InChI is InChI=1S/C14H11FO/c15-13(11-7-3-1-4-8-11)14(16)12-9-5-2-6-10-12/h1-10,13H/t13-/m0/s1. The lowest BCUT2D eigenvalue weighted by Gasteiger charge is -2.07. The molecule has 0 aliphatic rings. The SMILES string of the molecule is O=C(c1ccccc1)[C@@H](F)c1ccccc1. The van der Waals surface area contributed by atoms with Gasteiger partial charge in [-0.15, -0.1) is 0 Å². The third-order valence-corrected chi connectivity index (χ3v) is 2.38. The zero-order valence-corrected chi connectivity index (χ0v) is 8.64. The van der Waals surface area contributed by atoms with Crippen LogP contribution in [-0.2, 0) is 0 Å². The van der Waals surface area contributed by atoms with Crippen LogP contribution in [0.2, 0.25) is 0 Å². The average molecular weight is 214 g/mol. The molecule has 80 valence electrons. The lowest BCUT2D eigenvalue weighted by molar-refractivity contribution is 0.0878. The maximum absolute atomic E-state index is 13.9. The van der Waals surface area contributed by atoms with Gasteiger partial charge in [-0.25, -0.2) is 4.39 Å². The summed E-state index contributed by atoms with van der Waals surface area (Å²) in [4.78, 5) is 11.8. The first-order chi connectivity index (χ1) is 7.79. The van der Waals surface area contributed by atoms with Crippen molar-refractivity contribution in [2.45, 2.75) is 6.17 Å². The maximum atomic E-state index is 13.9. The molecule has 16 heavy (non-hydrogen) atoms. The molecule has 2 aromatic rings. The fourth-order valence-corrected chi connectivity index (χ4v) is 1.52. The number of carbonyl (C=O) groups is 1. The third kappa shape index (κ3) is 2.16. The number of ketones is 1. The average Bonchev–Trinajstić information content (AvgIpc) is 2.39. The third-order valence-electron chi connectivity index (χ3n) is 2.38. The highest BCUT2D eigenvalue weighted by atomic mass is 19.1. The van der Waals surface area contributed by atoms with Gasteiger partial charge < -0.3 is 0 Å². The zero-order valence-electron chi connectivity index (χ0n) is 8.64. The molecule has 2 aromatic carbocycles. The first kappa shape index (κ1) is 10.6. The fourth-order valence-electron chi connectivity index (χ4n) is 1.52. The Labute approximate surface area is 93.5 Å². The van der Waals surface area contributed by atoms with Crippen molar-refractivity contribution in [1.29, 1.82) is 0 Å². The zero-order chi connectivity index (χ0) is 11.4. The van der Waals surface area contributed by atoms with Crippen LogP contribution in [0.1, 0.15) is 22.1 Å². The van der Waals surface area contributed by atoms with E-state index in [4.69, 9.17) is 0 Å². The van der Waals surface area contributed by atoms with Gasteiger partial charge in [-0.05, 0) is 5.56 Å². The van der Waals surface area contributed by atoms with Gasteiger partial charge in [0.2, 0.25) is 5.78 Å². The molecule has 0 bridgehead atoms. The van der Waals surface area contributed by atoms with Crippen LogP contribution in [0.15, 0.2) is 60.7 Å². The summed E-state index contributed by atoms with van der Waals surface area (Å²) < 4.78 is 13.9. The Morgan fingerprint density at radius 3 is 1.94 bits per heavy atom. The van der Waals surface area contributed by atoms with Gasteiger partial charge >= 0.3 is 0 Å². The van der Waals surface area contributed by atoms with Crippen LogP contribution >= 0.6 is 0 Å². The van der Waals surface area contributed by atoms with Gasteiger partial charge in [-0.2, -0.15) is 0 Å². The molecule has 0 aliphatic heterocycles. The molecule has 0 N–H and O–H groups in total. The molecule has 2 rings (SSSR count). The van der Waals surface area contributed by atoms with Crippen molar-refractivity contribution >= 4 is 5.78 Å². The first-order valence-electron chi connectivity index (χ1n) is 5.07. The highest BCUT2D eigenvalue weighted by Gasteiger charge is 2.20. The van der Waals surface area contributed by atoms with E-state index < -0.39 is 12.0 Å². The van der Waals surface area contributed by atoms with Gasteiger partial charge in [0.15, 0.2) is 6.17 Å². The second-order valence-corrected chi connectivity index (χ2v) is 3.50. The Balaban J connectivity index is 2.24. The largest absolute Gasteiger partial charge is 0.290 e. The van der Waals surface area contributed by atoms with Crippen LogP contribution in [0.3, 0.4) is 0 Å². The van der Waals surface area contributed by atoms with E-state index in [-0.39, 0.29) is 0 Å². The molecular formula is C14H11FO.